The summed E-state index contributed by atoms with van der Waals surface area (Å²) in [4.78, 5) is 0. The molecule has 0 aromatic heterocycles. The van der Waals surface area contributed by atoms with Gasteiger partial charge in [0.1, 0.15) is 0 Å². The second-order valence-corrected chi connectivity index (χ2v) is 5.15. The third kappa shape index (κ3) is 3.39. The summed E-state index contributed by atoms with van der Waals surface area (Å²) in [7, 11) is 0. The van der Waals surface area contributed by atoms with Gasteiger partial charge in [-0.2, -0.15) is 13.2 Å². The number of hydrogen-bond donors (Lipinski definition) is 1. The molecule has 0 radical (unpaired) electrons. The van der Waals surface area contributed by atoms with Crippen molar-refractivity contribution >= 4 is 0 Å². The molecule has 1 nitrogen and oxygen atoms in total. The topological polar surface area (TPSA) is 26.0 Å². The Bertz CT molecular complexity index is 557. The van der Waals surface area contributed by atoms with Crippen LogP contribution in [-0.2, 0) is 18.1 Å². The highest BCUT2D eigenvalue weighted by Gasteiger charge is 2.30. The Hall–Kier alpha value is -1.81. The quantitative estimate of drug-likeness (QED) is 0.898. The lowest BCUT2D eigenvalue weighted by atomic mass is 9.86. The van der Waals surface area contributed by atoms with Gasteiger partial charge in [0.15, 0.2) is 0 Å². The van der Waals surface area contributed by atoms with Crippen LogP contribution in [-0.4, -0.2) is 0 Å². The molecule has 0 amide bonds. The van der Waals surface area contributed by atoms with Crippen molar-refractivity contribution in [1.29, 1.82) is 0 Å². The first kappa shape index (κ1) is 14.6. The highest BCUT2D eigenvalue weighted by molar-refractivity contribution is 5.30. The zero-order chi connectivity index (χ0) is 14.8. The maximum Gasteiger partial charge on any atom is 0.416 e. The zero-order valence-corrected chi connectivity index (χ0v) is 11.1. The third-order valence-electron chi connectivity index (χ3n) is 3.29. The van der Waals surface area contributed by atoms with Crippen molar-refractivity contribution in [2.45, 2.75) is 25.1 Å². The number of halogens is 3. The Morgan fingerprint density at radius 2 is 1.40 bits per heavy atom. The van der Waals surface area contributed by atoms with Crippen LogP contribution in [0.2, 0.25) is 0 Å². The molecule has 0 heterocycles. The normalized spacial score (nSPS) is 14.8. The van der Waals surface area contributed by atoms with Gasteiger partial charge in [0, 0.05) is 5.54 Å². The maximum absolute atomic E-state index is 12.5. The molecule has 1 unspecified atom stereocenters. The summed E-state index contributed by atoms with van der Waals surface area (Å²) in [6.07, 6.45) is -3.82. The molecule has 0 aliphatic heterocycles. The van der Waals surface area contributed by atoms with E-state index in [1.54, 1.807) is 0 Å². The van der Waals surface area contributed by atoms with Crippen LogP contribution in [0.15, 0.2) is 54.6 Å². The van der Waals surface area contributed by atoms with Crippen LogP contribution in [0.5, 0.6) is 0 Å². The van der Waals surface area contributed by atoms with Crippen molar-refractivity contribution < 1.29 is 13.2 Å². The van der Waals surface area contributed by atoms with Crippen molar-refractivity contribution in [3.63, 3.8) is 0 Å². The van der Waals surface area contributed by atoms with Crippen molar-refractivity contribution in [3.8, 4) is 0 Å². The van der Waals surface area contributed by atoms with Crippen LogP contribution in [0, 0.1) is 0 Å². The van der Waals surface area contributed by atoms with E-state index in [0.29, 0.717) is 6.42 Å². The molecule has 20 heavy (non-hydrogen) atoms. The first-order valence-corrected chi connectivity index (χ1v) is 6.29. The predicted octanol–water partition coefficient (Wildman–Crippen LogP) is 4.12. The number of nitrogens with two attached hydrogens (primary N) is 1. The Kier molecular flexibility index (Phi) is 3.86. The molecule has 0 saturated carbocycles. The number of benzene rings is 2. The smallest absolute Gasteiger partial charge is 0.321 e. The van der Waals surface area contributed by atoms with E-state index in [2.05, 4.69) is 0 Å². The summed E-state index contributed by atoms with van der Waals surface area (Å²) in [6, 6.07) is 14.7. The summed E-state index contributed by atoms with van der Waals surface area (Å²) in [5, 5.41) is 0. The monoisotopic (exact) mass is 279 g/mol. The van der Waals surface area contributed by atoms with E-state index in [0.717, 1.165) is 23.3 Å². The second kappa shape index (κ2) is 5.29. The molecule has 1 atom stereocenters. The second-order valence-electron chi connectivity index (χ2n) is 5.15. The summed E-state index contributed by atoms with van der Waals surface area (Å²) < 4.78 is 37.5. The van der Waals surface area contributed by atoms with Gasteiger partial charge >= 0.3 is 6.18 Å². The van der Waals surface area contributed by atoms with Gasteiger partial charge in [0.2, 0.25) is 0 Å². The fourth-order valence-electron chi connectivity index (χ4n) is 2.16. The Labute approximate surface area is 116 Å². The van der Waals surface area contributed by atoms with Crippen LogP contribution < -0.4 is 5.73 Å². The van der Waals surface area contributed by atoms with Gasteiger partial charge in [0.25, 0.3) is 0 Å². The molecule has 2 aromatic carbocycles. The summed E-state index contributed by atoms with van der Waals surface area (Å²) >= 11 is 0. The standard InChI is InChI=1S/C16H16F3N/c1-15(20,13-5-3-2-4-6-13)11-12-7-9-14(10-8-12)16(17,18)19/h2-10H,11,20H2,1H3. The van der Waals surface area contributed by atoms with Crippen molar-refractivity contribution in [3.05, 3.63) is 71.3 Å². The van der Waals surface area contributed by atoms with Gasteiger partial charge in [-0.05, 0) is 36.6 Å². The molecule has 2 aromatic rings. The third-order valence-corrected chi connectivity index (χ3v) is 3.29. The van der Waals surface area contributed by atoms with Crippen LogP contribution in [0.25, 0.3) is 0 Å². The minimum absolute atomic E-state index is 0.481. The lowest BCUT2D eigenvalue weighted by Gasteiger charge is -2.25. The van der Waals surface area contributed by atoms with E-state index in [-0.39, 0.29) is 0 Å². The average Bonchev–Trinajstić information content (AvgIpc) is 2.39. The molecule has 0 bridgehead atoms. The van der Waals surface area contributed by atoms with E-state index in [1.165, 1.54) is 12.1 Å². The molecule has 2 N–H and O–H groups in total. The highest BCUT2D eigenvalue weighted by Crippen LogP contribution is 2.30. The van der Waals surface area contributed by atoms with Gasteiger partial charge in [0.05, 0.1) is 5.56 Å². The van der Waals surface area contributed by atoms with Crippen LogP contribution in [0.1, 0.15) is 23.6 Å². The number of alkyl halides is 3. The number of rotatable bonds is 3. The average molecular weight is 279 g/mol. The minimum Gasteiger partial charge on any atom is -0.321 e. The molecule has 0 spiro atoms. The van der Waals surface area contributed by atoms with Gasteiger partial charge in [-0.1, -0.05) is 42.5 Å². The SMILES string of the molecule is CC(N)(Cc1ccc(C(F)(F)F)cc1)c1ccccc1. The van der Waals surface area contributed by atoms with Gasteiger partial charge in [-0.3, -0.25) is 0 Å². The number of hydrogen-bond acceptors (Lipinski definition) is 1. The van der Waals surface area contributed by atoms with E-state index in [9.17, 15) is 13.2 Å². The minimum atomic E-state index is -4.30. The van der Waals surface area contributed by atoms with Crippen LogP contribution in [0.3, 0.4) is 0 Å². The molecule has 0 fully saturated rings. The van der Waals surface area contributed by atoms with Crippen molar-refractivity contribution in [2.24, 2.45) is 5.73 Å². The molecule has 4 heteroatoms. The summed E-state index contributed by atoms with van der Waals surface area (Å²) in [5.74, 6) is 0. The van der Waals surface area contributed by atoms with Crippen LogP contribution >= 0.6 is 0 Å². The van der Waals surface area contributed by atoms with Crippen molar-refractivity contribution in [1.82, 2.24) is 0 Å². The molecule has 106 valence electrons. The van der Waals surface area contributed by atoms with Crippen LogP contribution in [0.4, 0.5) is 13.2 Å². The summed E-state index contributed by atoms with van der Waals surface area (Å²) in [6.45, 7) is 1.88. The molecular formula is C16H16F3N. The zero-order valence-electron chi connectivity index (χ0n) is 11.1. The van der Waals surface area contributed by atoms with E-state index in [1.807, 2.05) is 37.3 Å². The Balaban J connectivity index is 2.18. The fraction of sp³-hybridized carbons (Fsp3) is 0.250. The van der Waals surface area contributed by atoms with Gasteiger partial charge < -0.3 is 5.73 Å². The molecule has 0 aliphatic rings. The van der Waals surface area contributed by atoms with E-state index >= 15 is 0 Å². The Morgan fingerprint density at radius 1 is 0.850 bits per heavy atom. The fourth-order valence-corrected chi connectivity index (χ4v) is 2.16. The van der Waals surface area contributed by atoms with E-state index in [4.69, 9.17) is 5.73 Å². The first-order chi connectivity index (χ1) is 9.29. The largest absolute Gasteiger partial charge is 0.416 e. The maximum atomic E-state index is 12.5. The molecule has 0 aliphatic carbocycles. The van der Waals surface area contributed by atoms with Gasteiger partial charge in [-0.15, -0.1) is 0 Å². The van der Waals surface area contributed by atoms with E-state index < -0.39 is 17.3 Å². The first-order valence-electron chi connectivity index (χ1n) is 6.29. The predicted molar refractivity (Wildman–Crippen MR) is 73.1 cm³/mol. The molecule has 2 rings (SSSR count). The lowest BCUT2D eigenvalue weighted by molar-refractivity contribution is -0.137. The van der Waals surface area contributed by atoms with Gasteiger partial charge in [-0.25, -0.2) is 0 Å². The Morgan fingerprint density at radius 3 is 1.90 bits per heavy atom. The lowest BCUT2D eigenvalue weighted by Crippen LogP contribution is -2.35. The highest BCUT2D eigenvalue weighted by atomic mass is 19.4. The summed E-state index contributed by atoms with van der Waals surface area (Å²) in [5.41, 5.74) is 6.76. The molecular weight excluding hydrogens is 263 g/mol. The van der Waals surface area contributed by atoms with Crippen molar-refractivity contribution in [2.75, 3.05) is 0 Å². The molecule has 0 saturated heterocycles.